The fraction of sp³-hybridized carbons (Fsp3) is 0.643. The van der Waals surface area contributed by atoms with E-state index in [9.17, 15) is 4.79 Å². The van der Waals surface area contributed by atoms with E-state index < -0.39 is 0 Å². The zero-order chi connectivity index (χ0) is 13.3. The Labute approximate surface area is 114 Å². The lowest BCUT2D eigenvalue weighted by Gasteiger charge is -2.22. The van der Waals surface area contributed by atoms with E-state index in [0.29, 0.717) is 6.04 Å². The van der Waals surface area contributed by atoms with Gasteiger partial charge in [-0.15, -0.1) is 11.6 Å². The van der Waals surface area contributed by atoms with Gasteiger partial charge in [0.2, 0.25) is 0 Å². The maximum absolute atomic E-state index is 11.7. The summed E-state index contributed by atoms with van der Waals surface area (Å²) in [7, 11) is 2.18. The van der Waals surface area contributed by atoms with Crippen LogP contribution in [0.25, 0.3) is 0 Å². The Morgan fingerprint density at radius 3 is 2.78 bits per heavy atom. The van der Waals surface area contributed by atoms with Crippen molar-refractivity contribution in [2.75, 3.05) is 19.5 Å². The van der Waals surface area contributed by atoms with E-state index in [4.69, 9.17) is 11.6 Å². The van der Waals surface area contributed by atoms with Crippen LogP contribution in [0.15, 0.2) is 6.07 Å². The summed E-state index contributed by atoms with van der Waals surface area (Å²) in [5.74, 6) is 0.0870. The highest BCUT2D eigenvalue weighted by Gasteiger charge is 2.23. The molecular weight excluding hydrogens is 248 g/mol. The van der Waals surface area contributed by atoms with Gasteiger partial charge in [-0.3, -0.25) is 4.79 Å². The molecule has 2 rings (SSSR count). The molecule has 1 unspecified atom stereocenters. The van der Waals surface area contributed by atoms with Gasteiger partial charge in [0.15, 0.2) is 5.78 Å². The molecule has 0 amide bonds. The first-order valence-corrected chi connectivity index (χ1v) is 7.04. The first-order chi connectivity index (χ1) is 8.54. The van der Waals surface area contributed by atoms with Crippen LogP contribution >= 0.6 is 11.6 Å². The number of halogens is 1. The van der Waals surface area contributed by atoms with Gasteiger partial charge in [0, 0.05) is 29.5 Å². The SMILES string of the molecule is Cc1cc(C(=O)CCl)c(C)n1CC1CCCN1C. The molecule has 0 spiro atoms. The zero-order valence-electron chi connectivity index (χ0n) is 11.4. The topological polar surface area (TPSA) is 25.2 Å². The predicted octanol–water partition coefficient (Wildman–Crippen LogP) is 2.62. The van der Waals surface area contributed by atoms with Crippen molar-refractivity contribution in [3.8, 4) is 0 Å². The molecule has 0 N–H and O–H groups in total. The third kappa shape index (κ3) is 2.47. The second-order valence-electron chi connectivity index (χ2n) is 5.23. The Hall–Kier alpha value is -0.800. The lowest BCUT2D eigenvalue weighted by Crippen LogP contribution is -2.30. The Morgan fingerprint density at radius 1 is 1.50 bits per heavy atom. The van der Waals surface area contributed by atoms with Crippen molar-refractivity contribution >= 4 is 17.4 Å². The van der Waals surface area contributed by atoms with Crippen LogP contribution in [0.5, 0.6) is 0 Å². The molecule has 1 fully saturated rings. The average Bonchev–Trinajstić information content (AvgIpc) is 2.87. The second-order valence-corrected chi connectivity index (χ2v) is 5.50. The van der Waals surface area contributed by atoms with Crippen LogP contribution in [0.2, 0.25) is 0 Å². The van der Waals surface area contributed by atoms with Gasteiger partial charge in [0.05, 0.1) is 5.88 Å². The summed E-state index contributed by atoms with van der Waals surface area (Å²) in [6.07, 6.45) is 2.51. The number of nitrogens with zero attached hydrogens (tertiary/aromatic N) is 2. The van der Waals surface area contributed by atoms with Gasteiger partial charge in [-0.25, -0.2) is 0 Å². The molecule has 0 aromatic carbocycles. The van der Waals surface area contributed by atoms with Crippen molar-refractivity contribution in [1.82, 2.24) is 9.47 Å². The van der Waals surface area contributed by atoms with Crippen LogP contribution < -0.4 is 0 Å². The minimum atomic E-state index is 0.0239. The highest BCUT2D eigenvalue weighted by Crippen LogP contribution is 2.21. The molecule has 1 aliphatic heterocycles. The number of carbonyl (C=O) groups is 1. The molecule has 0 aliphatic carbocycles. The van der Waals surface area contributed by atoms with Gasteiger partial charge in [-0.05, 0) is 46.3 Å². The summed E-state index contributed by atoms with van der Waals surface area (Å²) >= 11 is 5.65. The number of likely N-dealkylation sites (N-methyl/N-ethyl adjacent to an activating group) is 1. The largest absolute Gasteiger partial charge is 0.347 e. The van der Waals surface area contributed by atoms with Crippen molar-refractivity contribution < 1.29 is 4.79 Å². The van der Waals surface area contributed by atoms with Crippen molar-refractivity contribution in [1.29, 1.82) is 0 Å². The molecule has 1 aromatic rings. The maximum Gasteiger partial charge on any atom is 0.179 e. The van der Waals surface area contributed by atoms with Gasteiger partial charge in [-0.2, -0.15) is 0 Å². The van der Waals surface area contributed by atoms with Crippen molar-refractivity contribution in [3.05, 3.63) is 23.0 Å². The quantitative estimate of drug-likeness (QED) is 0.620. The summed E-state index contributed by atoms with van der Waals surface area (Å²) < 4.78 is 2.26. The van der Waals surface area contributed by atoms with Crippen molar-refractivity contribution in [3.63, 3.8) is 0 Å². The first-order valence-electron chi connectivity index (χ1n) is 6.50. The summed E-state index contributed by atoms with van der Waals surface area (Å²) in [6, 6.07) is 2.56. The van der Waals surface area contributed by atoms with Gasteiger partial charge < -0.3 is 9.47 Å². The molecule has 18 heavy (non-hydrogen) atoms. The van der Waals surface area contributed by atoms with Crippen molar-refractivity contribution in [2.24, 2.45) is 0 Å². The standard InChI is InChI=1S/C14H21ClN2O/c1-10-7-13(14(18)8-15)11(2)17(10)9-12-5-4-6-16(12)3/h7,12H,4-6,8-9H2,1-3H3. The molecule has 4 heteroatoms. The van der Waals surface area contributed by atoms with Crippen LogP contribution in [0.4, 0.5) is 0 Å². The highest BCUT2D eigenvalue weighted by atomic mass is 35.5. The predicted molar refractivity (Wildman–Crippen MR) is 74.6 cm³/mol. The molecule has 1 atom stereocenters. The molecule has 1 aromatic heterocycles. The zero-order valence-corrected chi connectivity index (χ0v) is 12.1. The van der Waals surface area contributed by atoms with Crippen LogP contribution in [-0.4, -0.2) is 40.8 Å². The van der Waals surface area contributed by atoms with E-state index in [1.807, 2.05) is 13.0 Å². The summed E-state index contributed by atoms with van der Waals surface area (Å²) in [4.78, 5) is 14.2. The molecule has 0 radical (unpaired) electrons. The smallest absolute Gasteiger partial charge is 0.179 e. The van der Waals surface area contributed by atoms with Crippen LogP contribution in [-0.2, 0) is 6.54 Å². The molecule has 0 saturated carbocycles. The number of hydrogen-bond donors (Lipinski definition) is 0. The van der Waals surface area contributed by atoms with Gasteiger partial charge in [0.1, 0.15) is 0 Å². The lowest BCUT2D eigenvalue weighted by molar-refractivity contribution is 0.102. The molecular formula is C14H21ClN2O. The maximum atomic E-state index is 11.7. The Morgan fingerprint density at radius 2 is 2.22 bits per heavy atom. The summed E-state index contributed by atoms with van der Waals surface area (Å²) in [6.45, 7) is 6.23. The number of rotatable bonds is 4. The first kappa shape index (κ1) is 13.6. The van der Waals surface area contributed by atoms with Gasteiger partial charge >= 0.3 is 0 Å². The monoisotopic (exact) mass is 268 g/mol. The van der Waals surface area contributed by atoms with E-state index in [1.54, 1.807) is 0 Å². The molecule has 2 heterocycles. The summed E-state index contributed by atoms with van der Waals surface area (Å²) in [5.41, 5.74) is 2.99. The number of Topliss-reactive ketones (excluding diaryl/α,β-unsaturated/α-hetero) is 1. The normalized spacial score (nSPS) is 20.6. The number of aryl methyl sites for hydroxylation is 1. The van der Waals surface area contributed by atoms with E-state index in [2.05, 4.69) is 23.4 Å². The number of ketones is 1. The second kappa shape index (κ2) is 5.45. The molecule has 1 aliphatic rings. The number of carbonyl (C=O) groups excluding carboxylic acids is 1. The molecule has 0 bridgehead atoms. The molecule has 3 nitrogen and oxygen atoms in total. The Bertz CT molecular complexity index is 453. The van der Waals surface area contributed by atoms with Gasteiger partial charge in [0.25, 0.3) is 0 Å². The minimum absolute atomic E-state index is 0.0239. The number of aromatic nitrogens is 1. The average molecular weight is 269 g/mol. The van der Waals surface area contributed by atoms with E-state index in [1.165, 1.54) is 19.4 Å². The van der Waals surface area contributed by atoms with E-state index in [-0.39, 0.29) is 11.7 Å². The van der Waals surface area contributed by atoms with E-state index in [0.717, 1.165) is 23.5 Å². The lowest BCUT2D eigenvalue weighted by atomic mass is 10.2. The Kier molecular flexibility index (Phi) is 4.13. The number of hydrogen-bond acceptors (Lipinski definition) is 2. The van der Waals surface area contributed by atoms with Crippen LogP contribution in [0, 0.1) is 13.8 Å². The van der Waals surface area contributed by atoms with Gasteiger partial charge in [-0.1, -0.05) is 0 Å². The van der Waals surface area contributed by atoms with Crippen LogP contribution in [0.1, 0.15) is 34.6 Å². The number of alkyl halides is 1. The highest BCUT2D eigenvalue weighted by molar-refractivity contribution is 6.30. The molecule has 100 valence electrons. The fourth-order valence-electron chi connectivity index (χ4n) is 2.86. The third-order valence-corrected chi connectivity index (χ3v) is 4.30. The van der Waals surface area contributed by atoms with Crippen molar-refractivity contribution in [2.45, 2.75) is 39.3 Å². The van der Waals surface area contributed by atoms with Crippen LogP contribution in [0.3, 0.4) is 0 Å². The number of likely N-dealkylation sites (tertiary alicyclic amines) is 1. The third-order valence-electron chi connectivity index (χ3n) is 4.06. The Balaban J connectivity index is 2.23. The van der Waals surface area contributed by atoms with E-state index >= 15 is 0 Å². The molecule has 1 saturated heterocycles. The minimum Gasteiger partial charge on any atom is -0.347 e. The fourth-order valence-corrected chi connectivity index (χ4v) is 3.00. The summed E-state index contributed by atoms with van der Waals surface area (Å²) in [5, 5.41) is 0.